The third-order valence-electron chi connectivity index (χ3n) is 3.12. The molecule has 0 heterocycles. The summed E-state index contributed by atoms with van der Waals surface area (Å²) in [6.07, 6.45) is 0.200. The largest absolute Gasteiger partial charge is 0.444 e. The molecule has 0 aromatic heterocycles. The molecule has 1 aliphatic rings. The Morgan fingerprint density at radius 2 is 2.00 bits per heavy atom. The monoisotopic (exact) mass is 278 g/mol. The highest BCUT2D eigenvalue weighted by molar-refractivity contribution is 5.69. The summed E-state index contributed by atoms with van der Waals surface area (Å²) in [6, 6.07) is 7.82. The molecule has 0 radical (unpaired) electrons. The second-order valence-electron chi connectivity index (χ2n) is 5.89. The fourth-order valence-electron chi connectivity index (χ4n) is 2.42. The smallest absolute Gasteiger partial charge is 0.408 e. The summed E-state index contributed by atoms with van der Waals surface area (Å²) in [5.74, 6) is 0. The van der Waals surface area contributed by atoms with Crippen LogP contribution in [0.3, 0.4) is 0 Å². The molecule has 20 heavy (non-hydrogen) atoms. The highest BCUT2D eigenvalue weighted by atomic mass is 16.7. The third kappa shape index (κ3) is 3.49. The standard InChI is InChI=1S/C15H22N2O3/c1-15(2,3)19-14(18)17-13-11-8-6-5-7-10(11)9-12(13)20-16-4/h5-8,12-13,16H,9H2,1-4H3,(H,17,18)/t12-,13?/m1/s1. The molecule has 1 unspecified atom stereocenters. The normalized spacial score (nSPS) is 21.4. The van der Waals surface area contributed by atoms with Gasteiger partial charge >= 0.3 is 6.09 Å². The Hall–Kier alpha value is -1.59. The first-order chi connectivity index (χ1) is 9.40. The molecule has 2 atom stereocenters. The first-order valence-corrected chi connectivity index (χ1v) is 6.80. The van der Waals surface area contributed by atoms with Crippen LogP contribution in [0.5, 0.6) is 0 Å². The van der Waals surface area contributed by atoms with Crippen LogP contribution in [-0.4, -0.2) is 24.8 Å². The van der Waals surface area contributed by atoms with Gasteiger partial charge in [-0.2, -0.15) is 0 Å². The molecule has 0 saturated carbocycles. The lowest BCUT2D eigenvalue weighted by molar-refractivity contribution is -0.0283. The van der Waals surface area contributed by atoms with Crippen molar-refractivity contribution in [2.24, 2.45) is 0 Å². The van der Waals surface area contributed by atoms with Gasteiger partial charge in [0, 0.05) is 13.5 Å². The first kappa shape index (κ1) is 14.8. The lowest BCUT2D eigenvalue weighted by Crippen LogP contribution is -2.40. The minimum Gasteiger partial charge on any atom is -0.444 e. The minimum atomic E-state index is -0.512. The van der Waals surface area contributed by atoms with Crippen LogP contribution in [0.15, 0.2) is 24.3 Å². The predicted molar refractivity (Wildman–Crippen MR) is 76.2 cm³/mol. The van der Waals surface area contributed by atoms with Crippen molar-refractivity contribution >= 4 is 6.09 Å². The van der Waals surface area contributed by atoms with Gasteiger partial charge in [0.05, 0.1) is 6.04 Å². The number of hydrogen-bond donors (Lipinski definition) is 2. The van der Waals surface area contributed by atoms with Gasteiger partial charge in [-0.05, 0) is 31.9 Å². The number of carbonyl (C=O) groups excluding carboxylic acids is 1. The molecule has 0 saturated heterocycles. The lowest BCUT2D eigenvalue weighted by Gasteiger charge is -2.25. The van der Waals surface area contributed by atoms with E-state index in [0.717, 1.165) is 12.0 Å². The van der Waals surface area contributed by atoms with Gasteiger partial charge in [0.1, 0.15) is 11.7 Å². The molecule has 0 fully saturated rings. The van der Waals surface area contributed by atoms with Crippen LogP contribution >= 0.6 is 0 Å². The Morgan fingerprint density at radius 3 is 2.65 bits per heavy atom. The lowest BCUT2D eigenvalue weighted by atomic mass is 10.1. The number of carbonyl (C=O) groups is 1. The van der Waals surface area contributed by atoms with Crippen molar-refractivity contribution in [2.45, 2.75) is 44.9 Å². The molecule has 2 rings (SSSR count). The van der Waals surface area contributed by atoms with Crippen molar-refractivity contribution in [2.75, 3.05) is 7.05 Å². The number of nitrogens with one attached hydrogen (secondary N) is 2. The van der Waals surface area contributed by atoms with Gasteiger partial charge in [-0.3, -0.25) is 4.84 Å². The summed E-state index contributed by atoms with van der Waals surface area (Å²) in [7, 11) is 1.72. The van der Waals surface area contributed by atoms with Crippen molar-refractivity contribution < 1.29 is 14.4 Å². The molecule has 0 bridgehead atoms. The molecule has 1 aromatic carbocycles. The fourth-order valence-corrected chi connectivity index (χ4v) is 2.42. The van der Waals surface area contributed by atoms with E-state index in [-0.39, 0.29) is 12.1 Å². The molecule has 1 aromatic rings. The van der Waals surface area contributed by atoms with E-state index in [1.165, 1.54) is 5.56 Å². The Kier molecular flexibility index (Phi) is 4.30. The zero-order valence-electron chi connectivity index (χ0n) is 12.4. The van der Waals surface area contributed by atoms with Gasteiger partial charge in [-0.25, -0.2) is 10.3 Å². The van der Waals surface area contributed by atoms with E-state index in [1.807, 2.05) is 39.0 Å². The molecular weight excluding hydrogens is 256 g/mol. The first-order valence-electron chi connectivity index (χ1n) is 6.80. The summed E-state index contributed by atoms with van der Waals surface area (Å²) in [5.41, 5.74) is 4.46. The highest BCUT2D eigenvalue weighted by Gasteiger charge is 2.35. The van der Waals surface area contributed by atoms with E-state index in [4.69, 9.17) is 9.57 Å². The molecule has 2 N–H and O–H groups in total. The highest BCUT2D eigenvalue weighted by Crippen LogP contribution is 2.33. The summed E-state index contributed by atoms with van der Waals surface area (Å²) >= 11 is 0. The van der Waals surface area contributed by atoms with Gasteiger partial charge in [0.15, 0.2) is 0 Å². The number of rotatable bonds is 3. The molecule has 0 aliphatic heterocycles. The second kappa shape index (κ2) is 5.81. The Bertz CT molecular complexity index is 482. The van der Waals surface area contributed by atoms with E-state index in [9.17, 15) is 4.79 Å². The van der Waals surface area contributed by atoms with Crippen LogP contribution in [0.25, 0.3) is 0 Å². The van der Waals surface area contributed by atoms with E-state index in [1.54, 1.807) is 7.05 Å². The van der Waals surface area contributed by atoms with E-state index in [0.29, 0.717) is 0 Å². The number of amides is 1. The number of alkyl carbamates (subject to hydrolysis) is 1. The summed E-state index contributed by atoms with van der Waals surface area (Å²) < 4.78 is 5.32. The Labute approximate surface area is 119 Å². The number of fused-ring (bicyclic) bond motifs is 1. The molecule has 110 valence electrons. The molecule has 1 amide bonds. The zero-order valence-corrected chi connectivity index (χ0v) is 12.4. The van der Waals surface area contributed by atoms with Crippen molar-refractivity contribution in [3.63, 3.8) is 0 Å². The fraction of sp³-hybridized carbons (Fsp3) is 0.533. The third-order valence-corrected chi connectivity index (χ3v) is 3.12. The van der Waals surface area contributed by atoms with Crippen LogP contribution in [0.1, 0.15) is 37.9 Å². The number of benzene rings is 1. The minimum absolute atomic E-state index is 0.134. The maximum atomic E-state index is 12.0. The number of ether oxygens (including phenoxy) is 1. The average Bonchev–Trinajstić information content (AvgIpc) is 2.66. The molecular formula is C15H22N2O3. The van der Waals surface area contributed by atoms with Gasteiger partial charge in [0.25, 0.3) is 0 Å². The summed E-state index contributed by atoms with van der Waals surface area (Å²) in [5, 5.41) is 2.90. The summed E-state index contributed by atoms with van der Waals surface area (Å²) in [4.78, 5) is 17.5. The van der Waals surface area contributed by atoms with Crippen molar-refractivity contribution in [1.82, 2.24) is 10.8 Å². The average molecular weight is 278 g/mol. The number of hydroxylamine groups is 1. The van der Waals surface area contributed by atoms with E-state index in [2.05, 4.69) is 16.9 Å². The van der Waals surface area contributed by atoms with Crippen LogP contribution in [-0.2, 0) is 16.0 Å². The molecule has 0 spiro atoms. The Balaban J connectivity index is 2.12. The van der Waals surface area contributed by atoms with Crippen molar-refractivity contribution in [3.05, 3.63) is 35.4 Å². The van der Waals surface area contributed by atoms with Crippen LogP contribution < -0.4 is 10.8 Å². The van der Waals surface area contributed by atoms with Gasteiger partial charge in [-0.1, -0.05) is 24.3 Å². The van der Waals surface area contributed by atoms with Crippen LogP contribution in [0, 0.1) is 0 Å². The maximum absolute atomic E-state index is 12.0. The van der Waals surface area contributed by atoms with Crippen LogP contribution in [0.4, 0.5) is 4.79 Å². The Morgan fingerprint density at radius 1 is 1.30 bits per heavy atom. The van der Waals surface area contributed by atoms with E-state index < -0.39 is 11.7 Å². The van der Waals surface area contributed by atoms with Gasteiger partial charge in [0.2, 0.25) is 0 Å². The maximum Gasteiger partial charge on any atom is 0.408 e. The van der Waals surface area contributed by atoms with Gasteiger partial charge in [-0.15, -0.1) is 0 Å². The molecule has 1 aliphatic carbocycles. The van der Waals surface area contributed by atoms with Crippen molar-refractivity contribution in [1.29, 1.82) is 0 Å². The SMILES string of the molecule is CNO[C@@H]1Cc2ccccc2C1NC(=O)OC(C)(C)C. The second-order valence-corrected chi connectivity index (χ2v) is 5.89. The molecule has 5 nitrogen and oxygen atoms in total. The predicted octanol–water partition coefficient (Wildman–Crippen LogP) is 2.33. The van der Waals surface area contributed by atoms with Crippen LogP contribution in [0.2, 0.25) is 0 Å². The topological polar surface area (TPSA) is 59.6 Å². The van der Waals surface area contributed by atoms with E-state index >= 15 is 0 Å². The van der Waals surface area contributed by atoms with Gasteiger partial charge < -0.3 is 10.1 Å². The summed E-state index contributed by atoms with van der Waals surface area (Å²) in [6.45, 7) is 5.53. The van der Waals surface area contributed by atoms with Crippen molar-refractivity contribution in [3.8, 4) is 0 Å². The number of hydrogen-bond acceptors (Lipinski definition) is 4. The molecule has 5 heteroatoms. The quantitative estimate of drug-likeness (QED) is 0.833. The zero-order chi connectivity index (χ0) is 14.8.